The van der Waals surface area contributed by atoms with Crippen molar-refractivity contribution < 1.29 is 28.9 Å². The number of hydrogen-bond donors (Lipinski definition) is 1. The molecule has 1 amide bonds. The zero-order chi connectivity index (χ0) is 28.6. The summed E-state index contributed by atoms with van der Waals surface area (Å²) >= 11 is 0. The molecule has 4 rings (SSSR count). The molecule has 0 bridgehead atoms. The Hall–Kier alpha value is -4.30. The lowest BCUT2D eigenvalue weighted by Gasteiger charge is -2.27. The van der Waals surface area contributed by atoms with E-state index in [-0.39, 0.29) is 11.3 Å². The number of Topliss-reactive ketones (excluding diaryl/α,β-unsaturated/α-hetero) is 1. The van der Waals surface area contributed by atoms with Crippen molar-refractivity contribution in [3.8, 4) is 17.2 Å². The molecule has 0 spiro atoms. The molecule has 0 aromatic heterocycles. The second-order valence-corrected chi connectivity index (χ2v) is 9.86. The molecule has 1 atom stereocenters. The lowest BCUT2D eigenvalue weighted by atomic mass is 9.95. The number of rotatable bonds is 12. The Balaban J connectivity index is 1.75. The van der Waals surface area contributed by atoms with Crippen LogP contribution in [0.1, 0.15) is 36.1 Å². The maximum Gasteiger partial charge on any atom is 0.295 e. The molecule has 1 aliphatic rings. The number of methoxy groups -OCH3 is 1. The molecule has 1 saturated heterocycles. The minimum absolute atomic E-state index is 0.0244. The Morgan fingerprint density at radius 1 is 0.950 bits per heavy atom. The predicted molar refractivity (Wildman–Crippen MR) is 154 cm³/mol. The smallest absolute Gasteiger partial charge is 0.295 e. The van der Waals surface area contributed by atoms with E-state index in [1.54, 1.807) is 49.6 Å². The molecular weight excluding hydrogens is 508 g/mol. The van der Waals surface area contributed by atoms with Crippen molar-refractivity contribution in [1.29, 1.82) is 0 Å². The molecule has 8 heteroatoms. The first-order chi connectivity index (χ1) is 19.3. The summed E-state index contributed by atoms with van der Waals surface area (Å²) in [5, 5.41) is 11.4. The van der Waals surface area contributed by atoms with E-state index < -0.39 is 17.7 Å². The summed E-state index contributed by atoms with van der Waals surface area (Å²) in [6.45, 7) is 3.73. The molecule has 210 valence electrons. The SMILES string of the molecule is CCCOc1cccc(/C(O)=C2\C(=O)C(=O)N(CCN(C)C)C2c2ccc(OCc3ccccc3)c(OC)c2)c1. The lowest BCUT2D eigenvalue weighted by Crippen LogP contribution is -2.35. The highest BCUT2D eigenvalue weighted by Crippen LogP contribution is 2.42. The van der Waals surface area contributed by atoms with Gasteiger partial charge in [-0.1, -0.05) is 55.5 Å². The summed E-state index contributed by atoms with van der Waals surface area (Å²) in [5.74, 6) is -0.0747. The van der Waals surface area contributed by atoms with E-state index in [0.29, 0.717) is 54.7 Å². The number of amides is 1. The zero-order valence-electron chi connectivity index (χ0n) is 23.4. The number of ketones is 1. The summed E-state index contributed by atoms with van der Waals surface area (Å²) in [5.41, 5.74) is 2.06. The number of benzene rings is 3. The lowest BCUT2D eigenvalue weighted by molar-refractivity contribution is -0.140. The van der Waals surface area contributed by atoms with E-state index in [0.717, 1.165) is 12.0 Å². The van der Waals surface area contributed by atoms with Gasteiger partial charge in [0.1, 0.15) is 18.1 Å². The van der Waals surface area contributed by atoms with Crippen LogP contribution in [0.4, 0.5) is 0 Å². The molecule has 3 aromatic rings. The summed E-state index contributed by atoms with van der Waals surface area (Å²) < 4.78 is 17.4. The fourth-order valence-electron chi connectivity index (χ4n) is 4.58. The summed E-state index contributed by atoms with van der Waals surface area (Å²) in [7, 11) is 5.34. The van der Waals surface area contributed by atoms with E-state index in [9.17, 15) is 14.7 Å². The Morgan fingerprint density at radius 3 is 2.42 bits per heavy atom. The van der Waals surface area contributed by atoms with Gasteiger partial charge in [-0.3, -0.25) is 9.59 Å². The van der Waals surface area contributed by atoms with E-state index in [1.807, 2.05) is 56.3 Å². The van der Waals surface area contributed by atoms with Crippen LogP contribution in [0, 0.1) is 0 Å². The average Bonchev–Trinajstić information content (AvgIpc) is 3.23. The third kappa shape index (κ3) is 6.46. The van der Waals surface area contributed by atoms with Gasteiger partial charge in [-0.15, -0.1) is 0 Å². The van der Waals surface area contributed by atoms with Gasteiger partial charge in [0.05, 0.1) is 25.3 Å². The topological polar surface area (TPSA) is 88.5 Å². The van der Waals surface area contributed by atoms with Crippen LogP contribution in [-0.2, 0) is 16.2 Å². The summed E-state index contributed by atoms with van der Waals surface area (Å²) in [6, 6.07) is 21.2. The van der Waals surface area contributed by atoms with Gasteiger partial charge in [-0.05, 0) is 55.9 Å². The van der Waals surface area contributed by atoms with E-state index in [1.165, 1.54) is 4.90 Å². The minimum Gasteiger partial charge on any atom is -0.507 e. The van der Waals surface area contributed by atoms with Crippen molar-refractivity contribution in [2.24, 2.45) is 0 Å². The van der Waals surface area contributed by atoms with Gasteiger partial charge in [-0.25, -0.2) is 0 Å². The van der Waals surface area contributed by atoms with Crippen molar-refractivity contribution >= 4 is 17.4 Å². The third-order valence-electron chi connectivity index (χ3n) is 6.65. The second kappa shape index (κ2) is 13.2. The first-order valence-electron chi connectivity index (χ1n) is 13.3. The molecule has 1 fully saturated rings. The quantitative estimate of drug-likeness (QED) is 0.194. The molecule has 8 nitrogen and oxygen atoms in total. The molecule has 1 aliphatic heterocycles. The highest BCUT2D eigenvalue weighted by atomic mass is 16.5. The third-order valence-corrected chi connectivity index (χ3v) is 6.65. The van der Waals surface area contributed by atoms with Crippen LogP contribution in [0.5, 0.6) is 17.2 Å². The number of likely N-dealkylation sites (N-methyl/N-ethyl adjacent to an activating group) is 1. The first-order valence-corrected chi connectivity index (χ1v) is 13.3. The number of carbonyl (C=O) groups is 2. The molecular formula is C32H36N2O6. The van der Waals surface area contributed by atoms with Gasteiger partial charge in [0.25, 0.3) is 11.7 Å². The van der Waals surface area contributed by atoms with E-state index >= 15 is 0 Å². The number of aliphatic hydroxyl groups excluding tert-OH is 1. The van der Waals surface area contributed by atoms with E-state index in [2.05, 4.69) is 0 Å². The summed E-state index contributed by atoms with van der Waals surface area (Å²) in [6.07, 6.45) is 0.833. The van der Waals surface area contributed by atoms with Crippen molar-refractivity contribution in [3.05, 3.63) is 95.1 Å². The molecule has 40 heavy (non-hydrogen) atoms. The highest BCUT2D eigenvalue weighted by Gasteiger charge is 2.46. The van der Waals surface area contributed by atoms with Gasteiger partial charge in [0, 0.05) is 18.7 Å². The maximum absolute atomic E-state index is 13.4. The number of ether oxygens (including phenoxy) is 3. The highest BCUT2D eigenvalue weighted by molar-refractivity contribution is 6.46. The number of hydrogen-bond acceptors (Lipinski definition) is 7. The van der Waals surface area contributed by atoms with Gasteiger partial charge in [0.15, 0.2) is 11.5 Å². The van der Waals surface area contributed by atoms with Crippen LogP contribution in [0.3, 0.4) is 0 Å². The predicted octanol–water partition coefficient (Wildman–Crippen LogP) is 5.05. The molecule has 0 aliphatic carbocycles. The zero-order valence-corrected chi connectivity index (χ0v) is 23.4. The minimum atomic E-state index is -0.808. The molecule has 1 N–H and O–H groups in total. The Morgan fingerprint density at radius 2 is 1.73 bits per heavy atom. The largest absolute Gasteiger partial charge is 0.507 e. The molecule has 0 radical (unpaired) electrons. The van der Waals surface area contributed by atoms with Crippen LogP contribution >= 0.6 is 0 Å². The van der Waals surface area contributed by atoms with Gasteiger partial charge < -0.3 is 29.1 Å². The fourth-order valence-corrected chi connectivity index (χ4v) is 4.58. The fraction of sp³-hybridized carbons (Fsp3) is 0.312. The number of nitrogens with zero attached hydrogens (tertiary/aromatic N) is 2. The van der Waals surface area contributed by atoms with Crippen molar-refractivity contribution in [3.63, 3.8) is 0 Å². The monoisotopic (exact) mass is 544 g/mol. The Labute approximate surface area is 235 Å². The maximum atomic E-state index is 13.4. The van der Waals surface area contributed by atoms with Crippen LogP contribution < -0.4 is 14.2 Å². The summed E-state index contributed by atoms with van der Waals surface area (Å²) in [4.78, 5) is 30.1. The number of aliphatic hydroxyl groups is 1. The molecule has 1 unspecified atom stereocenters. The van der Waals surface area contributed by atoms with Crippen molar-refractivity contribution in [2.75, 3.05) is 40.9 Å². The Kier molecular flexibility index (Phi) is 9.45. The number of carbonyl (C=O) groups excluding carboxylic acids is 2. The first kappa shape index (κ1) is 28.7. The van der Waals surface area contributed by atoms with Crippen molar-refractivity contribution in [2.45, 2.75) is 26.0 Å². The van der Waals surface area contributed by atoms with Crippen LogP contribution in [0.2, 0.25) is 0 Å². The van der Waals surface area contributed by atoms with Gasteiger partial charge in [-0.2, -0.15) is 0 Å². The van der Waals surface area contributed by atoms with Crippen LogP contribution in [0.15, 0.2) is 78.4 Å². The van der Waals surface area contributed by atoms with Crippen LogP contribution in [0.25, 0.3) is 5.76 Å². The normalized spacial score (nSPS) is 16.4. The van der Waals surface area contributed by atoms with Crippen molar-refractivity contribution in [1.82, 2.24) is 9.80 Å². The number of likely N-dealkylation sites (tertiary alicyclic amines) is 1. The van der Waals surface area contributed by atoms with Gasteiger partial charge in [0.2, 0.25) is 0 Å². The second-order valence-electron chi connectivity index (χ2n) is 9.86. The van der Waals surface area contributed by atoms with E-state index in [4.69, 9.17) is 14.2 Å². The molecule has 3 aromatic carbocycles. The standard InChI is InChI=1S/C32H36N2O6/c1-5-18-39-25-13-9-12-24(19-25)30(35)28-29(34(17-16-33(2)3)32(37)31(28)36)23-14-15-26(27(20-23)38-4)40-21-22-10-7-6-8-11-22/h6-15,19-20,29,35H,5,16-18,21H2,1-4H3/b30-28+. The van der Waals surface area contributed by atoms with Crippen LogP contribution in [-0.4, -0.2) is 67.5 Å². The molecule has 1 heterocycles. The molecule has 0 saturated carbocycles. The Bertz CT molecular complexity index is 1370. The average molecular weight is 545 g/mol. The van der Waals surface area contributed by atoms with Gasteiger partial charge >= 0.3 is 0 Å².